The van der Waals surface area contributed by atoms with Gasteiger partial charge in [-0.1, -0.05) is 41.7 Å². The lowest BCUT2D eigenvalue weighted by atomic mass is 10.1. The molecule has 1 nitrogen and oxygen atoms in total. The minimum atomic E-state index is 0.0219. The van der Waals surface area contributed by atoms with Crippen molar-refractivity contribution in [2.75, 3.05) is 6.54 Å². The van der Waals surface area contributed by atoms with Gasteiger partial charge in [-0.25, -0.2) is 0 Å². The standard InChI is InChI=1S/C12H12Cl3NS2/c1-2-4-16-10(11-8(13)3-5-17-11)7-6-9(14)18-12(7)15/h3,5-6,10,16H,2,4H2,1H3. The molecule has 18 heavy (non-hydrogen) atoms. The Morgan fingerprint density at radius 1 is 1.33 bits per heavy atom. The SMILES string of the molecule is CCCNC(c1cc(Cl)sc1Cl)c1sccc1Cl. The Balaban J connectivity index is 2.37. The Morgan fingerprint density at radius 2 is 2.11 bits per heavy atom. The highest BCUT2D eigenvalue weighted by molar-refractivity contribution is 7.20. The Hall–Kier alpha value is 0.230. The largest absolute Gasteiger partial charge is 0.305 e. The van der Waals surface area contributed by atoms with E-state index in [4.69, 9.17) is 34.8 Å². The Labute approximate surface area is 130 Å². The molecule has 98 valence electrons. The van der Waals surface area contributed by atoms with Crippen LogP contribution in [-0.4, -0.2) is 6.54 Å². The molecule has 2 heterocycles. The van der Waals surface area contributed by atoms with Crippen molar-refractivity contribution in [1.29, 1.82) is 0 Å². The molecule has 2 aromatic heterocycles. The Bertz CT molecular complexity index is 521. The summed E-state index contributed by atoms with van der Waals surface area (Å²) in [5, 5.41) is 6.23. The first-order valence-corrected chi connectivity index (χ1v) is 8.37. The normalized spacial score (nSPS) is 12.9. The van der Waals surface area contributed by atoms with Crippen molar-refractivity contribution in [1.82, 2.24) is 5.32 Å². The summed E-state index contributed by atoms with van der Waals surface area (Å²) in [6, 6.07) is 3.84. The van der Waals surface area contributed by atoms with E-state index in [1.165, 1.54) is 11.3 Å². The second-order valence-electron chi connectivity index (χ2n) is 3.80. The van der Waals surface area contributed by atoms with Crippen LogP contribution in [0.3, 0.4) is 0 Å². The molecule has 0 bridgehead atoms. The third-order valence-electron chi connectivity index (χ3n) is 2.50. The summed E-state index contributed by atoms with van der Waals surface area (Å²) in [4.78, 5) is 1.08. The van der Waals surface area contributed by atoms with Crippen LogP contribution in [0.15, 0.2) is 17.5 Å². The third kappa shape index (κ3) is 3.21. The van der Waals surface area contributed by atoms with Gasteiger partial charge >= 0.3 is 0 Å². The highest BCUT2D eigenvalue weighted by atomic mass is 35.5. The van der Waals surface area contributed by atoms with Gasteiger partial charge in [-0.05, 0) is 30.5 Å². The molecule has 1 unspecified atom stereocenters. The summed E-state index contributed by atoms with van der Waals surface area (Å²) in [6.45, 7) is 3.03. The highest BCUT2D eigenvalue weighted by Gasteiger charge is 2.22. The van der Waals surface area contributed by atoms with E-state index in [9.17, 15) is 0 Å². The highest BCUT2D eigenvalue weighted by Crippen LogP contribution is 2.40. The second kappa shape index (κ2) is 6.60. The minimum absolute atomic E-state index is 0.0219. The first-order valence-electron chi connectivity index (χ1n) is 5.54. The lowest BCUT2D eigenvalue weighted by molar-refractivity contribution is 0.607. The first-order chi connectivity index (χ1) is 8.63. The molecule has 1 atom stereocenters. The average molecular weight is 341 g/mol. The fourth-order valence-corrected chi connectivity index (χ4v) is 4.48. The van der Waals surface area contributed by atoms with Crippen molar-refractivity contribution in [2.45, 2.75) is 19.4 Å². The van der Waals surface area contributed by atoms with Gasteiger partial charge in [-0.2, -0.15) is 0 Å². The van der Waals surface area contributed by atoms with Crippen LogP contribution >= 0.6 is 57.5 Å². The summed E-state index contributed by atoms with van der Waals surface area (Å²) in [5.41, 5.74) is 1.00. The lowest BCUT2D eigenvalue weighted by Crippen LogP contribution is -2.22. The van der Waals surface area contributed by atoms with E-state index in [0.29, 0.717) is 4.34 Å². The van der Waals surface area contributed by atoms with E-state index < -0.39 is 0 Å². The monoisotopic (exact) mass is 339 g/mol. The first kappa shape index (κ1) is 14.6. The molecular weight excluding hydrogens is 329 g/mol. The molecule has 0 aliphatic rings. The summed E-state index contributed by atoms with van der Waals surface area (Å²) in [7, 11) is 0. The van der Waals surface area contributed by atoms with Gasteiger partial charge in [-0.15, -0.1) is 22.7 Å². The number of rotatable bonds is 5. The maximum absolute atomic E-state index is 6.24. The van der Waals surface area contributed by atoms with Crippen LogP contribution in [0.4, 0.5) is 0 Å². The van der Waals surface area contributed by atoms with E-state index in [-0.39, 0.29) is 6.04 Å². The maximum atomic E-state index is 6.24. The zero-order chi connectivity index (χ0) is 13.1. The van der Waals surface area contributed by atoms with Crippen molar-refractivity contribution in [3.05, 3.63) is 41.6 Å². The summed E-state index contributed by atoms with van der Waals surface area (Å²) < 4.78 is 1.42. The number of hydrogen-bond acceptors (Lipinski definition) is 3. The fourth-order valence-electron chi connectivity index (χ4n) is 1.69. The number of hydrogen-bond donors (Lipinski definition) is 1. The summed E-state index contributed by atoms with van der Waals surface area (Å²) >= 11 is 21.5. The van der Waals surface area contributed by atoms with Crippen LogP contribution in [0.2, 0.25) is 13.7 Å². The quantitative estimate of drug-likeness (QED) is 0.719. The van der Waals surface area contributed by atoms with Gasteiger partial charge in [0.2, 0.25) is 0 Å². The predicted octanol–water partition coefficient (Wildman–Crippen LogP) is 5.86. The van der Waals surface area contributed by atoms with Crippen molar-refractivity contribution in [2.24, 2.45) is 0 Å². The Kier molecular flexibility index (Phi) is 5.36. The van der Waals surface area contributed by atoms with Gasteiger partial charge in [0.25, 0.3) is 0 Å². The molecular formula is C12H12Cl3NS2. The van der Waals surface area contributed by atoms with E-state index in [0.717, 1.165) is 32.8 Å². The minimum Gasteiger partial charge on any atom is -0.305 e. The summed E-state index contributed by atoms with van der Waals surface area (Å²) in [5.74, 6) is 0. The molecule has 0 saturated heterocycles. The van der Waals surface area contributed by atoms with Crippen molar-refractivity contribution >= 4 is 57.5 Å². The van der Waals surface area contributed by atoms with Crippen molar-refractivity contribution < 1.29 is 0 Å². The summed E-state index contributed by atoms with van der Waals surface area (Å²) in [6.07, 6.45) is 1.05. The molecule has 0 amide bonds. The van der Waals surface area contributed by atoms with Crippen LogP contribution in [0, 0.1) is 0 Å². The molecule has 2 rings (SSSR count). The molecule has 0 aliphatic heterocycles. The Morgan fingerprint density at radius 3 is 2.61 bits per heavy atom. The molecule has 0 aromatic carbocycles. The predicted molar refractivity (Wildman–Crippen MR) is 83.8 cm³/mol. The van der Waals surface area contributed by atoms with Crippen LogP contribution in [0.5, 0.6) is 0 Å². The fraction of sp³-hybridized carbons (Fsp3) is 0.333. The zero-order valence-corrected chi connectivity index (χ0v) is 13.6. The molecule has 0 spiro atoms. The third-order valence-corrected chi connectivity index (χ3v) is 5.44. The lowest BCUT2D eigenvalue weighted by Gasteiger charge is -2.17. The van der Waals surface area contributed by atoms with Gasteiger partial charge in [0.15, 0.2) is 0 Å². The number of nitrogens with one attached hydrogen (secondary N) is 1. The molecule has 0 aliphatic carbocycles. The zero-order valence-electron chi connectivity index (χ0n) is 9.67. The second-order valence-corrected chi connectivity index (χ2v) is 7.44. The molecule has 6 heteroatoms. The van der Waals surface area contributed by atoms with Crippen molar-refractivity contribution in [3.63, 3.8) is 0 Å². The van der Waals surface area contributed by atoms with Crippen LogP contribution in [0.1, 0.15) is 29.8 Å². The molecule has 0 fully saturated rings. The topological polar surface area (TPSA) is 12.0 Å². The average Bonchev–Trinajstić information content (AvgIpc) is 2.87. The van der Waals surface area contributed by atoms with Gasteiger partial charge in [0, 0.05) is 10.4 Å². The van der Waals surface area contributed by atoms with Crippen LogP contribution in [-0.2, 0) is 0 Å². The van der Waals surface area contributed by atoms with Crippen LogP contribution in [0.25, 0.3) is 0 Å². The molecule has 1 N–H and O–H groups in total. The number of thiophene rings is 2. The molecule has 2 aromatic rings. The van der Waals surface area contributed by atoms with E-state index in [1.54, 1.807) is 11.3 Å². The van der Waals surface area contributed by atoms with Gasteiger partial charge < -0.3 is 5.32 Å². The maximum Gasteiger partial charge on any atom is 0.0995 e. The van der Waals surface area contributed by atoms with Gasteiger partial charge in [0.05, 0.1) is 19.7 Å². The molecule has 0 saturated carbocycles. The molecule has 0 radical (unpaired) electrons. The number of halogens is 3. The van der Waals surface area contributed by atoms with Gasteiger partial charge in [0.1, 0.15) is 0 Å². The van der Waals surface area contributed by atoms with Gasteiger partial charge in [-0.3, -0.25) is 0 Å². The van der Waals surface area contributed by atoms with E-state index in [1.807, 2.05) is 17.5 Å². The van der Waals surface area contributed by atoms with E-state index in [2.05, 4.69) is 12.2 Å². The van der Waals surface area contributed by atoms with Crippen LogP contribution < -0.4 is 5.32 Å². The van der Waals surface area contributed by atoms with E-state index >= 15 is 0 Å². The van der Waals surface area contributed by atoms with Crippen molar-refractivity contribution in [3.8, 4) is 0 Å². The smallest absolute Gasteiger partial charge is 0.0995 e.